The van der Waals surface area contributed by atoms with Crippen LogP contribution in [0.4, 0.5) is 0 Å². The van der Waals surface area contributed by atoms with Gasteiger partial charge in [-0.1, -0.05) is 172 Å². The molecule has 0 aliphatic rings. The first-order valence-electron chi connectivity index (χ1n) is 21.8. The number of hydrogen-bond donors (Lipinski definition) is 0. The van der Waals surface area contributed by atoms with Gasteiger partial charge in [0.2, 0.25) is 0 Å². The minimum absolute atomic E-state index is 0.0175. The SMILES string of the molecule is CC(C)(C)c1cc2ccc3ccc4c5cc6c(-c7ccccc7)c7c8cc(C(C)(C)C)cc9cc(C(C)(C)C)cc(c7c(-c7ccccc7)c6cc5c5cc(c1)c2c3c45)c98. The summed E-state index contributed by atoms with van der Waals surface area (Å²) in [5, 5.41) is 24.3. The van der Waals surface area contributed by atoms with Crippen LogP contribution in [0.15, 0.2) is 140 Å². The molecule has 12 aromatic carbocycles. The second kappa shape index (κ2) is 11.7. The first-order chi connectivity index (χ1) is 28.6. The fourth-order valence-corrected chi connectivity index (χ4v) is 10.9. The van der Waals surface area contributed by atoms with Crippen molar-refractivity contribution in [3.05, 3.63) is 156 Å². The molecule has 0 aliphatic carbocycles. The fraction of sp³-hybridized carbons (Fsp3) is 0.200. The van der Waals surface area contributed by atoms with E-state index in [1.54, 1.807) is 0 Å². The summed E-state index contributed by atoms with van der Waals surface area (Å²) in [4.78, 5) is 0. The topological polar surface area (TPSA) is 0 Å². The molecule has 290 valence electrons. The van der Waals surface area contributed by atoms with E-state index in [4.69, 9.17) is 0 Å². The highest BCUT2D eigenvalue weighted by molar-refractivity contribution is 6.44. The number of rotatable bonds is 2. The van der Waals surface area contributed by atoms with Crippen LogP contribution in [0.1, 0.15) is 79.0 Å². The van der Waals surface area contributed by atoms with Crippen LogP contribution in [0.5, 0.6) is 0 Å². The van der Waals surface area contributed by atoms with E-state index in [2.05, 4.69) is 202 Å². The molecule has 0 spiro atoms. The van der Waals surface area contributed by atoms with Crippen LogP contribution in [0.2, 0.25) is 0 Å². The molecule has 0 aliphatic heterocycles. The first kappa shape index (κ1) is 35.7. The van der Waals surface area contributed by atoms with Crippen molar-refractivity contribution in [2.45, 2.75) is 78.6 Å². The third kappa shape index (κ3) is 4.85. The third-order valence-corrected chi connectivity index (χ3v) is 14.0. The molecular weight excluding hydrogens is 721 g/mol. The van der Waals surface area contributed by atoms with E-state index < -0.39 is 0 Å². The summed E-state index contributed by atoms with van der Waals surface area (Å²) in [6.45, 7) is 21.2. The standard InChI is InChI=1S/C60H50/c1-58(2,3)39-24-36-21-20-35-22-23-42-43-31-46-47(32-44(43)45-28-38(27-39)50(36)54(35)55(42)45)53(34-18-14-11-15-19-34)57-49-30-41(60(7,8)9)26-37-25-40(59(4,5)6)29-48(51(37)49)56(57)52(46)33-16-12-10-13-17-33/h10-32H,1-9H3. The van der Waals surface area contributed by atoms with Crippen molar-refractivity contribution in [2.24, 2.45) is 0 Å². The Hall–Kier alpha value is -6.24. The smallest absolute Gasteiger partial charge is 0.000731 e. The molecule has 0 atom stereocenters. The van der Waals surface area contributed by atoms with Gasteiger partial charge in [-0.15, -0.1) is 0 Å². The van der Waals surface area contributed by atoms with Gasteiger partial charge < -0.3 is 0 Å². The zero-order valence-electron chi connectivity index (χ0n) is 36.3. The van der Waals surface area contributed by atoms with Gasteiger partial charge in [-0.25, -0.2) is 0 Å². The quantitative estimate of drug-likeness (QED) is 0.154. The lowest BCUT2D eigenvalue weighted by atomic mass is 9.82. The second-order valence-corrected chi connectivity index (χ2v) is 20.9. The second-order valence-electron chi connectivity index (χ2n) is 20.9. The average molecular weight is 771 g/mol. The minimum Gasteiger partial charge on any atom is -0.0622 e. The molecule has 0 heteroatoms. The van der Waals surface area contributed by atoms with E-state index in [9.17, 15) is 0 Å². The van der Waals surface area contributed by atoms with Gasteiger partial charge in [0.05, 0.1) is 0 Å². The van der Waals surface area contributed by atoms with Crippen LogP contribution < -0.4 is 0 Å². The lowest BCUT2D eigenvalue weighted by molar-refractivity contribution is 0.590. The van der Waals surface area contributed by atoms with Gasteiger partial charge in [0, 0.05) is 0 Å². The number of benzene rings is 10. The van der Waals surface area contributed by atoms with E-state index >= 15 is 0 Å². The van der Waals surface area contributed by atoms with Crippen LogP contribution in [-0.2, 0) is 16.2 Å². The van der Waals surface area contributed by atoms with Crippen LogP contribution >= 0.6 is 0 Å². The van der Waals surface area contributed by atoms with Crippen molar-refractivity contribution in [2.75, 3.05) is 0 Å². The van der Waals surface area contributed by atoms with Gasteiger partial charge in [-0.05, 0) is 182 Å². The Balaban J connectivity index is 1.37. The van der Waals surface area contributed by atoms with Crippen LogP contribution in [0.25, 0.3) is 119 Å². The highest BCUT2D eigenvalue weighted by Gasteiger charge is 2.29. The van der Waals surface area contributed by atoms with Crippen molar-refractivity contribution in [3.8, 4) is 22.3 Å². The zero-order chi connectivity index (χ0) is 41.2. The normalized spacial score (nSPS) is 13.4. The van der Waals surface area contributed by atoms with E-state index in [0.29, 0.717) is 0 Å². The predicted molar refractivity (Wildman–Crippen MR) is 265 cm³/mol. The van der Waals surface area contributed by atoms with E-state index in [-0.39, 0.29) is 16.2 Å². The summed E-state index contributed by atoms with van der Waals surface area (Å²) in [6.07, 6.45) is 0. The van der Waals surface area contributed by atoms with Gasteiger partial charge in [-0.2, -0.15) is 0 Å². The van der Waals surface area contributed by atoms with E-state index in [1.165, 1.54) is 136 Å². The van der Waals surface area contributed by atoms with Crippen molar-refractivity contribution in [1.29, 1.82) is 0 Å². The monoisotopic (exact) mass is 770 g/mol. The lowest BCUT2D eigenvalue weighted by Crippen LogP contribution is -2.12. The van der Waals surface area contributed by atoms with Gasteiger partial charge >= 0.3 is 0 Å². The molecule has 0 saturated carbocycles. The Morgan fingerprint density at radius 1 is 0.250 bits per heavy atom. The van der Waals surface area contributed by atoms with Crippen LogP contribution in [0, 0.1) is 0 Å². The Bertz CT molecular complexity index is 3710. The number of hydrogen-bond acceptors (Lipinski definition) is 0. The maximum Gasteiger partial charge on any atom is -0.000731 e. The summed E-state index contributed by atoms with van der Waals surface area (Å²) >= 11 is 0. The number of fused-ring (bicyclic) bond motifs is 7. The molecule has 12 rings (SSSR count). The molecule has 0 nitrogen and oxygen atoms in total. The van der Waals surface area contributed by atoms with Crippen molar-refractivity contribution < 1.29 is 0 Å². The molecule has 12 aromatic rings. The highest BCUT2D eigenvalue weighted by Crippen LogP contribution is 2.55. The summed E-state index contributed by atoms with van der Waals surface area (Å²) in [5.41, 5.74) is 9.32. The average Bonchev–Trinajstić information content (AvgIpc) is 3.71. The Morgan fingerprint density at radius 3 is 1.20 bits per heavy atom. The molecule has 0 radical (unpaired) electrons. The fourth-order valence-electron chi connectivity index (χ4n) is 10.9. The van der Waals surface area contributed by atoms with Crippen LogP contribution in [-0.4, -0.2) is 0 Å². The molecule has 0 aromatic heterocycles. The van der Waals surface area contributed by atoms with Gasteiger partial charge in [0.1, 0.15) is 0 Å². The lowest BCUT2D eigenvalue weighted by Gasteiger charge is -2.22. The summed E-state index contributed by atoms with van der Waals surface area (Å²) in [7, 11) is 0. The van der Waals surface area contributed by atoms with E-state index in [0.717, 1.165) is 0 Å². The van der Waals surface area contributed by atoms with Gasteiger partial charge in [0.25, 0.3) is 0 Å². The van der Waals surface area contributed by atoms with Crippen LogP contribution in [0.3, 0.4) is 0 Å². The zero-order valence-corrected chi connectivity index (χ0v) is 36.3. The third-order valence-electron chi connectivity index (χ3n) is 14.0. The largest absolute Gasteiger partial charge is 0.0622 e. The first-order valence-corrected chi connectivity index (χ1v) is 21.8. The van der Waals surface area contributed by atoms with E-state index in [1.807, 2.05) is 0 Å². The maximum absolute atomic E-state index is 2.59. The molecule has 0 N–H and O–H groups in total. The maximum atomic E-state index is 2.59. The Kier molecular flexibility index (Phi) is 6.98. The summed E-state index contributed by atoms with van der Waals surface area (Å²) in [5.74, 6) is 0. The van der Waals surface area contributed by atoms with Gasteiger partial charge in [-0.3, -0.25) is 0 Å². The minimum atomic E-state index is -0.0191. The predicted octanol–water partition coefficient (Wildman–Crippen LogP) is 17.6. The van der Waals surface area contributed by atoms with Crippen molar-refractivity contribution in [3.63, 3.8) is 0 Å². The summed E-state index contributed by atoms with van der Waals surface area (Å²) in [6, 6.07) is 54.6. The molecule has 0 amide bonds. The Labute approximate surface area is 352 Å². The Morgan fingerprint density at radius 2 is 0.683 bits per heavy atom. The molecule has 0 saturated heterocycles. The molecule has 0 heterocycles. The van der Waals surface area contributed by atoms with Crippen molar-refractivity contribution in [1.82, 2.24) is 0 Å². The molecule has 0 unspecified atom stereocenters. The summed E-state index contributed by atoms with van der Waals surface area (Å²) < 4.78 is 0. The highest BCUT2D eigenvalue weighted by atomic mass is 14.3. The van der Waals surface area contributed by atoms with Crippen molar-refractivity contribution >= 4 is 97.0 Å². The van der Waals surface area contributed by atoms with Gasteiger partial charge in [0.15, 0.2) is 0 Å². The molecule has 0 fully saturated rings. The molecule has 60 heavy (non-hydrogen) atoms. The molecular formula is C60H50. The molecule has 0 bridgehead atoms.